The molecule has 2 nitrogen and oxygen atoms in total. The molecule has 1 atom stereocenters. The van der Waals surface area contributed by atoms with Crippen LogP contribution >= 0.6 is 15.9 Å². The lowest BCUT2D eigenvalue weighted by atomic mass is 9.85. The number of rotatable bonds is 3. The molecule has 1 aromatic carbocycles. The van der Waals surface area contributed by atoms with Gasteiger partial charge in [-0.15, -0.1) is 0 Å². The van der Waals surface area contributed by atoms with Crippen LogP contribution in [0.15, 0.2) is 53.3 Å². The lowest BCUT2D eigenvalue weighted by Crippen LogP contribution is -2.26. The molecule has 0 fully saturated rings. The summed E-state index contributed by atoms with van der Waals surface area (Å²) in [5.41, 5.74) is 0.723. The minimum absolute atomic E-state index is 0.606. The fraction of sp³-hybridized carbons (Fsp3) is 0.214. The fourth-order valence-corrected chi connectivity index (χ4v) is 2.33. The number of aliphatic hydroxyl groups is 1. The second-order valence-electron chi connectivity index (χ2n) is 3.97. The van der Waals surface area contributed by atoms with Gasteiger partial charge >= 0.3 is 0 Å². The summed E-state index contributed by atoms with van der Waals surface area (Å²) < 4.78 is 0.964. The van der Waals surface area contributed by atoms with Gasteiger partial charge in [0.15, 0.2) is 0 Å². The van der Waals surface area contributed by atoms with E-state index in [1.54, 1.807) is 12.4 Å². The third-order valence-corrected chi connectivity index (χ3v) is 3.45. The van der Waals surface area contributed by atoms with E-state index < -0.39 is 5.60 Å². The molecule has 3 heteroatoms. The molecule has 0 spiro atoms. The number of halogens is 1. The monoisotopic (exact) mass is 291 g/mol. The zero-order chi connectivity index (χ0) is 12.3. The molecule has 0 saturated carbocycles. The molecule has 1 aromatic heterocycles. The standard InChI is InChI=1S/C14H14BrNO/c1-2-14(17,12-6-4-8-16-10-12)11-5-3-7-13(15)9-11/h3-10,17H,2H2,1H3. The Hall–Kier alpha value is -1.19. The van der Waals surface area contributed by atoms with Gasteiger partial charge in [-0.25, -0.2) is 0 Å². The smallest absolute Gasteiger partial charge is 0.116 e. The molecule has 0 amide bonds. The van der Waals surface area contributed by atoms with Gasteiger partial charge in [0.1, 0.15) is 5.60 Å². The Morgan fingerprint density at radius 1 is 1.24 bits per heavy atom. The first-order chi connectivity index (χ1) is 8.16. The van der Waals surface area contributed by atoms with Crippen molar-refractivity contribution in [3.8, 4) is 0 Å². The van der Waals surface area contributed by atoms with Crippen LogP contribution < -0.4 is 0 Å². The minimum atomic E-state index is -0.974. The predicted molar refractivity (Wildman–Crippen MR) is 71.7 cm³/mol. The van der Waals surface area contributed by atoms with Crippen LogP contribution in [0.5, 0.6) is 0 Å². The van der Waals surface area contributed by atoms with Gasteiger partial charge in [-0.2, -0.15) is 0 Å². The number of benzene rings is 1. The van der Waals surface area contributed by atoms with Crippen molar-refractivity contribution in [1.29, 1.82) is 0 Å². The number of pyridine rings is 1. The molecule has 0 aliphatic rings. The molecule has 1 heterocycles. The molecule has 0 saturated heterocycles. The third kappa shape index (κ3) is 2.40. The summed E-state index contributed by atoms with van der Waals surface area (Å²) in [4.78, 5) is 4.07. The van der Waals surface area contributed by atoms with Crippen molar-refractivity contribution in [3.05, 3.63) is 64.4 Å². The first-order valence-electron chi connectivity index (χ1n) is 5.56. The van der Waals surface area contributed by atoms with E-state index in [2.05, 4.69) is 20.9 Å². The second kappa shape index (κ2) is 4.98. The number of hydrogen-bond donors (Lipinski definition) is 1. The van der Waals surface area contributed by atoms with Crippen LogP contribution in [-0.4, -0.2) is 10.1 Å². The van der Waals surface area contributed by atoms with E-state index in [4.69, 9.17) is 0 Å². The van der Waals surface area contributed by atoms with E-state index in [0.717, 1.165) is 15.6 Å². The Morgan fingerprint density at radius 2 is 2.00 bits per heavy atom. The summed E-state index contributed by atoms with van der Waals surface area (Å²) >= 11 is 3.43. The van der Waals surface area contributed by atoms with Gasteiger partial charge < -0.3 is 5.11 Å². The number of nitrogens with zero attached hydrogens (tertiary/aromatic N) is 1. The summed E-state index contributed by atoms with van der Waals surface area (Å²) in [5.74, 6) is 0. The van der Waals surface area contributed by atoms with Gasteiger partial charge in [0.2, 0.25) is 0 Å². The van der Waals surface area contributed by atoms with Crippen molar-refractivity contribution in [3.63, 3.8) is 0 Å². The molecule has 1 N–H and O–H groups in total. The van der Waals surface area contributed by atoms with Crippen LogP contribution in [0.1, 0.15) is 24.5 Å². The Morgan fingerprint density at radius 3 is 2.59 bits per heavy atom. The largest absolute Gasteiger partial charge is 0.380 e. The summed E-state index contributed by atoms with van der Waals surface area (Å²) in [7, 11) is 0. The summed E-state index contributed by atoms with van der Waals surface area (Å²) in [6, 6.07) is 11.5. The predicted octanol–water partition coefficient (Wildman–Crippen LogP) is 3.49. The Kier molecular flexibility index (Phi) is 3.60. The molecule has 0 radical (unpaired) electrons. The first-order valence-corrected chi connectivity index (χ1v) is 6.35. The van der Waals surface area contributed by atoms with Crippen molar-refractivity contribution < 1.29 is 5.11 Å². The minimum Gasteiger partial charge on any atom is -0.380 e. The van der Waals surface area contributed by atoms with E-state index in [1.807, 2.05) is 43.3 Å². The van der Waals surface area contributed by atoms with Crippen molar-refractivity contribution in [2.45, 2.75) is 18.9 Å². The van der Waals surface area contributed by atoms with Gasteiger partial charge in [0, 0.05) is 22.4 Å². The third-order valence-electron chi connectivity index (χ3n) is 2.95. The Labute approximate surface area is 109 Å². The summed E-state index contributed by atoms with van der Waals surface area (Å²) in [6.45, 7) is 1.97. The van der Waals surface area contributed by atoms with Crippen molar-refractivity contribution in [2.75, 3.05) is 0 Å². The first kappa shape index (κ1) is 12.3. The highest BCUT2D eigenvalue weighted by Crippen LogP contribution is 2.33. The number of aromatic nitrogens is 1. The maximum absolute atomic E-state index is 10.8. The van der Waals surface area contributed by atoms with Crippen LogP contribution in [0.25, 0.3) is 0 Å². The lowest BCUT2D eigenvalue weighted by Gasteiger charge is -2.27. The molecular weight excluding hydrogens is 278 g/mol. The van der Waals surface area contributed by atoms with Gasteiger partial charge in [0.25, 0.3) is 0 Å². The molecule has 0 aliphatic carbocycles. The molecule has 0 aliphatic heterocycles. The molecule has 17 heavy (non-hydrogen) atoms. The van der Waals surface area contributed by atoms with E-state index in [1.165, 1.54) is 0 Å². The highest BCUT2D eigenvalue weighted by molar-refractivity contribution is 9.10. The number of hydrogen-bond acceptors (Lipinski definition) is 2. The van der Waals surface area contributed by atoms with Gasteiger partial charge in [-0.05, 0) is 30.2 Å². The maximum atomic E-state index is 10.8. The van der Waals surface area contributed by atoms with E-state index >= 15 is 0 Å². The van der Waals surface area contributed by atoms with Crippen LogP contribution in [0.2, 0.25) is 0 Å². The van der Waals surface area contributed by atoms with Crippen molar-refractivity contribution in [2.24, 2.45) is 0 Å². The summed E-state index contributed by atoms with van der Waals surface area (Å²) in [5, 5.41) is 10.8. The van der Waals surface area contributed by atoms with Crippen LogP contribution in [0, 0.1) is 0 Å². The fourth-order valence-electron chi connectivity index (χ4n) is 1.93. The highest BCUT2D eigenvalue weighted by atomic mass is 79.9. The molecule has 0 bridgehead atoms. The SMILES string of the molecule is CCC(O)(c1cccnc1)c1cccc(Br)c1. The van der Waals surface area contributed by atoms with Crippen molar-refractivity contribution in [1.82, 2.24) is 4.98 Å². The lowest BCUT2D eigenvalue weighted by molar-refractivity contribution is 0.0761. The molecule has 1 unspecified atom stereocenters. The molecule has 88 valence electrons. The average Bonchev–Trinajstić information content (AvgIpc) is 2.39. The highest BCUT2D eigenvalue weighted by Gasteiger charge is 2.29. The average molecular weight is 292 g/mol. The van der Waals surface area contributed by atoms with Gasteiger partial charge in [-0.3, -0.25) is 4.98 Å². The normalized spacial score (nSPS) is 14.3. The summed E-state index contributed by atoms with van der Waals surface area (Å²) in [6.07, 6.45) is 4.03. The topological polar surface area (TPSA) is 33.1 Å². The van der Waals surface area contributed by atoms with Gasteiger partial charge in [0.05, 0.1) is 0 Å². The molecular formula is C14H14BrNO. The van der Waals surface area contributed by atoms with E-state index in [9.17, 15) is 5.11 Å². The maximum Gasteiger partial charge on any atom is 0.116 e. The van der Waals surface area contributed by atoms with E-state index in [0.29, 0.717) is 6.42 Å². The zero-order valence-electron chi connectivity index (χ0n) is 9.60. The quantitative estimate of drug-likeness (QED) is 0.939. The molecule has 2 aromatic rings. The van der Waals surface area contributed by atoms with Gasteiger partial charge in [-0.1, -0.05) is 41.1 Å². The van der Waals surface area contributed by atoms with Crippen molar-refractivity contribution >= 4 is 15.9 Å². The Bertz CT molecular complexity index is 501. The van der Waals surface area contributed by atoms with E-state index in [-0.39, 0.29) is 0 Å². The van der Waals surface area contributed by atoms with Crippen LogP contribution in [-0.2, 0) is 5.60 Å². The van der Waals surface area contributed by atoms with Crippen LogP contribution in [0.3, 0.4) is 0 Å². The van der Waals surface area contributed by atoms with Crippen LogP contribution in [0.4, 0.5) is 0 Å². The molecule has 2 rings (SSSR count). The Balaban J connectivity index is 2.52. The zero-order valence-corrected chi connectivity index (χ0v) is 11.2. The second-order valence-corrected chi connectivity index (χ2v) is 4.88.